The molecule has 1 atom stereocenters. The van der Waals surface area contributed by atoms with E-state index in [-0.39, 0.29) is 31.3 Å². The molecule has 0 fully saturated rings. The van der Waals surface area contributed by atoms with E-state index in [0.717, 1.165) is 5.56 Å². The van der Waals surface area contributed by atoms with Crippen LogP contribution in [0, 0.1) is 5.92 Å². The van der Waals surface area contributed by atoms with Crippen molar-refractivity contribution < 1.29 is 19.1 Å². The zero-order valence-corrected chi connectivity index (χ0v) is 13.3. The molecule has 1 unspecified atom stereocenters. The van der Waals surface area contributed by atoms with Crippen LogP contribution in [0.5, 0.6) is 5.75 Å². The third-order valence-corrected chi connectivity index (χ3v) is 3.42. The minimum absolute atomic E-state index is 0. The third kappa shape index (κ3) is 5.56. The molecule has 0 aliphatic carbocycles. The summed E-state index contributed by atoms with van der Waals surface area (Å²) in [5.74, 6) is -0.875. The van der Waals surface area contributed by atoms with Crippen molar-refractivity contribution in [3.8, 4) is 5.75 Å². The first-order valence-corrected chi connectivity index (χ1v) is 7.59. The SMILES string of the molecule is CCOC(=O)C(C)C(=O)c1ccc(OCc2ccccc2)cc1.[LiH]. The van der Waals surface area contributed by atoms with Gasteiger partial charge in [0.25, 0.3) is 0 Å². The zero-order chi connectivity index (χ0) is 16.7. The van der Waals surface area contributed by atoms with Crippen LogP contribution in [-0.4, -0.2) is 37.2 Å². The van der Waals surface area contributed by atoms with Crippen molar-refractivity contribution in [1.82, 2.24) is 0 Å². The van der Waals surface area contributed by atoms with Gasteiger partial charge < -0.3 is 9.47 Å². The van der Waals surface area contributed by atoms with Gasteiger partial charge in [-0.1, -0.05) is 30.3 Å². The van der Waals surface area contributed by atoms with Crippen LogP contribution >= 0.6 is 0 Å². The molecule has 122 valence electrons. The second kappa shape index (κ2) is 9.97. The van der Waals surface area contributed by atoms with Crippen molar-refractivity contribution in [3.63, 3.8) is 0 Å². The van der Waals surface area contributed by atoms with Gasteiger partial charge in [0.1, 0.15) is 18.3 Å². The van der Waals surface area contributed by atoms with E-state index >= 15 is 0 Å². The monoisotopic (exact) mass is 320 g/mol. The molecule has 0 amide bonds. The van der Waals surface area contributed by atoms with Crippen molar-refractivity contribution in [2.45, 2.75) is 20.5 Å². The summed E-state index contributed by atoms with van der Waals surface area (Å²) in [7, 11) is 0. The molecule has 24 heavy (non-hydrogen) atoms. The first-order valence-electron chi connectivity index (χ1n) is 7.59. The van der Waals surface area contributed by atoms with E-state index in [1.165, 1.54) is 0 Å². The van der Waals surface area contributed by atoms with E-state index < -0.39 is 11.9 Å². The number of carbonyl (C=O) groups excluding carboxylic acids is 2. The molecule has 0 radical (unpaired) electrons. The Hall–Kier alpha value is -2.02. The molecule has 0 aliphatic rings. The van der Waals surface area contributed by atoms with Gasteiger partial charge in [0.2, 0.25) is 0 Å². The van der Waals surface area contributed by atoms with Gasteiger partial charge >= 0.3 is 24.8 Å². The Morgan fingerprint density at radius 3 is 2.21 bits per heavy atom. The molecule has 2 aromatic carbocycles. The molecular formula is C19H21LiO4. The van der Waals surface area contributed by atoms with Crippen LogP contribution in [0.25, 0.3) is 0 Å². The fourth-order valence-corrected chi connectivity index (χ4v) is 2.08. The Bertz CT molecular complexity index is 653. The van der Waals surface area contributed by atoms with Crippen LogP contribution in [0.15, 0.2) is 54.6 Å². The van der Waals surface area contributed by atoms with Gasteiger partial charge in [0.15, 0.2) is 5.78 Å². The van der Waals surface area contributed by atoms with E-state index in [9.17, 15) is 9.59 Å². The molecule has 2 aromatic rings. The van der Waals surface area contributed by atoms with Gasteiger partial charge in [-0.05, 0) is 43.7 Å². The Kier molecular flexibility index (Phi) is 8.32. The van der Waals surface area contributed by atoms with E-state index in [0.29, 0.717) is 17.9 Å². The molecule has 5 heteroatoms. The average molecular weight is 320 g/mol. The van der Waals surface area contributed by atoms with Crippen LogP contribution in [0.2, 0.25) is 0 Å². The van der Waals surface area contributed by atoms with Crippen LogP contribution in [0.4, 0.5) is 0 Å². The number of hydrogen-bond donors (Lipinski definition) is 0. The second-order valence-corrected chi connectivity index (χ2v) is 5.14. The van der Waals surface area contributed by atoms with Gasteiger partial charge in [-0.2, -0.15) is 0 Å². The summed E-state index contributed by atoms with van der Waals surface area (Å²) in [5, 5.41) is 0. The predicted octanol–water partition coefficient (Wildman–Crippen LogP) is 3.00. The second-order valence-electron chi connectivity index (χ2n) is 5.14. The van der Waals surface area contributed by atoms with E-state index in [4.69, 9.17) is 9.47 Å². The summed E-state index contributed by atoms with van der Waals surface area (Å²) in [6.45, 7) is 4.00. The molecule has 0 aliphatic heterocycles. The first kappa shape index (κ1) is 20.0. The summed E-state index contributed by atoms with van der Waals surface area (Å²) < 4.78 is 10.5. The zero-order valence-electron chi connectivity index (χ0n) is 13.3. The van der Waals surface area contributed by atoms with Crippen molar-refractivity contribution in [2.24, 2.45) is 5.92 Å². The van der Waals surface area contributed by atoms with Gasteiger partial charge in [-0.15, -0.1) is 0 Å². The molecule has 0 saturated heterocycles. The number of ketones is 1. The molecule has 4 nitrogen and oxygen atoms in total. The number of benzene rings is 2. The average Bonchev–Trinajstić information content (AvgIpc) is 2.60. The maximum absolute atomic E-state index is 12.2. The number of ether oxygens (including phenoxy) is 2. The molecular weight excluding hydrogens is 299 g/mol. The van der Waals surface area contributed by atoms with Crippen molar-refractivity contribution in [3.05, 3.63) is 65.7 Å². The molecule has 2 rings (SSSR count). The molecule has 0 bridgehead atoms. The first-order chi connectivity index (χ1) is 11.1. The van der Waals surface area contributed by atoms with E-state index in [1.54, 1.807) is 38.1 Å². The Morgan fingerprint density at radius 2 is 1.62 bits per heavy atom. The third-order valence-electron chi connectivity index (χ3n) is 3.42. The molecule has 0 aromatic heterocycles. The van der Waals surface area contributed by atoms with Gasteiger partial charge in [-0.3, -0.25) is 9.59 Å². The Balaban J connectivity index is 0.00000288. The minimum atomic E-state index is -0.800. The number of esters is 1. The summed E-state index contributed by atoms with van der Waals surface area (Å²) in [6.07, 6.45) is 0. The topological polar surface area (TPSA) is 52.6 Å². The summed E-state index contributed by atoms with van der Waals surface area (Å²) in [5.41, 5.74) is 1.54. The van der Waals surface area contributed by atoms with E-state index in [2.05, 4.69) is 0 Å². The number of hydrogen-bond acceptors (Lipinski definition) is 4. The van der Waals surface area contributed by atoms with Crippen molar-refractivity contribution in [2.75, 3.05) is 6.61 Å². The Labute approximate surface area is 154 Å². The van der Waals surface area contributed by atoms with Crippen LogP contribution in [0.3, 0.4) is 0 Å². The predicted molar refractivity (Wildman–Crippen MR) is 94.5 cm³/mol. The van der Waals surface area contributed by atoms with Crippen molar-refractivity contribution in [1.29, 1.82) is 0 Å². The molecule has 0 saturated carbocycles. The van der Waals surface area contributed by atoms with Crippen molar-refractivity contribution >= 4 is 30.6 Å². The number of rotatable bonds is 7. The van der Waals surface area contributed by atoms with Gasteiger partial charge in [0, 0.05) is 5.56 Å². The fourth-order valence-electron chi connectivity index (χ4n) is 2.08. The summed E-state index contributed by atoms with van der Waals surface area (Å²) >= 11 is 0. The van der Waals surface area contributed by atoms with Crippen LogP contribution in [0.1, 0.15) is 29.8 Å². The molecule has 0 heterocycles. The van der Waals surface area contributed by atoms with E-state index in [1.807, 2.05) is 30.3 Å². The normalized spacial score (nSPS) is 11.1. The fraction of sp³-hybridized carbons (Fsp3) is 0.263. The summed E-state index contributed by atoms with van der Waals surface area (Å²) in [6, 6.07) is 16.6. The number of carbonyl (C=O) groups is 2. The van der Waals surface area contributed by atoms with Crippen LogP contribution < -0.4 is 4.74 Å². The summed E-state index contributed by atoms with van der Waals surface area (Å²) in [4.78, 5) is 23.8. The molecule has 0 N–H and O–H groups in total. The van der Waals surface area contributed by atoms with Gasteiger partial charge in [-0.25, -0.2) is 0 Å². The quantitative estimate of drug-likeness (QED) is 0.341. The molecule has 0 spiro atoms. The number of Topliss-reactive ketones (excluding diaryl/α,β-unsaturated/α-hetero) is 1. The van der Waals surface area contributed by atoms with Crippen LogP contribution in [-0.2, 0) is 16.1 Å². The standard InChI is InChI=1S/C19H20O4.Li.H/c1-3-22-19(21)14(2)18(20)16-9-11-17(12-10-16)23-13-15-7-5-4-6-8-15;;/h4-12,14H,3,13H2,1-2H3;;. The van der Waals surface area contributed by atoms with Gasteiger partial charge in [0.05, 0.1) is 6.61 Å². The Morgan fingerprint density at radius 1 is 1.00 bits per heavy atom. The maximum atomic E-state index is 12.2.